The van der Waals surface area contributed by atoms with Crippen LogP contribution in [0.4, 0.5) is 13.2 Å². The zero-order valence-electron chi connectivity index (χ0n) is 7.34. The molecule has 0 amide bonds. The van der Waals surface area contributed by atoms with E-state index in [1.54, 1.807) is 0 Å². The normalized spacial score (nSPS) is 11.9. The summed E-state index contributed by atoms with van der Waals surface area (Å²) in [6.07, 6.45) is -3.35. The van der Waals surface area contributed by atoms with Crippen LogP contribution in [-0.4, -0.2) is 0 Å². The number of halogens is 3. The van der Waals surface area contributed by atoms with E-state index in [1.165, 1.54) is 0 Å². The smallest absolute Gasteiger partial charge is 0.416 e. The molecule has 2 nitrogen and oxygen atoms in total. The number of rotatable bonds is 0. The van der Waals surface area contributed by atoms with Crippen LogP contribution in [-0.2, 0) is 6.18 Å². The summed E-state index contributed by atoms with van der Waals surface area (Å²) < 4.78 is 41.7. The van der Waals surface area contributed by atoms with Gasteiger partial charge in [-0.2, -0.15) is 13.2 Å². The van der Waals surface area contributed by atoms with E-state index < -0.39 is 11.7 Å². The summed E-state index contributed by atoms with van der Waals surface area (Å²) >= 11 is 0. The highest BCUT2D eigenvalue weighted by Crippen LogP contribution is 2.30. The average Bonchev–Trinajstić information content (AvgIpc) is 2.16. The van der Waals surface area contributed by atoms with Gasteiger partial charge >= 0.3 is 6.18 Å². The van der Waals surface area contributed by atoms with Gasteiger partial charge in [0.1, 0.15) is 5.58 Å². The van der Waals surface area contributed by atoms with Crippen LogP contribution in [0.25, 0.3) is 11.0 Å². The minimum absolute atomic E-state index is 0.0580. The lowest BCUT2D eigenvalue weighted by atomic mass is 10.1. The lowest BCUT2D eigenvalue weighted by Gasteiger charge is -2.06. The zero-order chi connectivity index (χ0) is 11.1. The first kappa shape index (κ1) is 9.76. The molecule has 2 aromatic rings. The van der Waals surface area contributed by atoms with Gasteiger partial charge in [0.2, 0.25) is 0 Å². The van der Waals surface area contributed by atoms with Crippen molar-refractivity contribution < 1.29 is 17.6 Å². The minimum Gasteiger partial charge on any atom is -0.464 e. The Labute approximate surface area is 81.9 Å². The van der Waals surface area contributed by atoms with Crippen LogP contribution in [0.2, 0.25) is 0 Å². The van der Waals surface area contributed by atoms with Crippen molar-refractivity contribution >= 4 is 11.0 Å². The van der Waals surface area contributed by atoms with Gasteiger partial charge in [0.25, 0.3) is 0 Å². The standard InChI is InChI=1S/C10H5F3O2/c11-10(12,13)6-1-2-7-8(14)3-4-15-9(7)5-6/h1-5H. The van der Waals surface area contributed by atoms with Gasteiger partial charge in [-0.1, -0.05) is 0 Å². The van der Waals surface area contributed by atoms with E-state index in [0.717, 1.165) is 30.5 Å². The molecule has 0 saturated heterocycles. The van der Waals surface area contributed by atoms with Crippen LogP contribution >= 0.6 is 0 Å². The van der Waals surface area contributed by atoms with Crippen molar-refractivity contribution in [2.45, 2.75) is 6.18 Å². The van der Waals surface area contributed by atoms with Crippen molar-refractivity contribution in [2.75, 3.05) is 0 Å². The van der Waals surface area contributed by atoms with E-state index in [2.05, 4.69) is 0 Å². The summed E-state index contributed by atoms with van der Waals surface area (Å²) in [5, 5.41) is 0.144. The molecule has 0 bridgehead atoms. The first-order chi connectivity index (χ1) is 6.98. The monoisotopic (exact) mass is 214 g/mol. The molecule has 1 heterocycles. The third kappa shape index (κ3) is 1.72. The van der Waals surface area contributed by atoms with Crippen molar-refractivity contribution in [3.8, 4) is 0 Å². The number of benzene rings is 1. The first-order valence-electron chi connectivity index (χ1n) is 4.07. The molecule has 2 rings (SSSR count). The van der Waals surface area contributed by atoms with Crippen LogP contribution in [0.3, 0.4) is 0 Å². The second-order valence-electron chi connectivity index (χ2n) is 2.99. The van der Waals surface area contributed by atoms with Crippen molar-refractivity contribution in [3.63, 3.8) is 0 Å². The van der Waals surface area contributed by atoms with Gasteiger partial charge in [-0.3, -0.25) is 4.79 Å². The maximum Gasteiger partial charge on any atom is 0.416 e. The summed E-state index contributed by atoms with van der Waals surface area (Å²) in [5.41, 5.74) is -1.24. The predicted molar refractivity (Wildman–Crippen MR) is 47.5 cm³/mol. The lowest BCUT2D eigenvalue weighted by molar-refractivity contribution is -0.137. The maximum absolute atomic E-state index is 12.3. The Morgan fingerprint density at radius 1 is 1.13 bits per heavy atom. The summed E-state index contributed by atoms with van der Waals surface area (Å²) in [6.45, 7) is 0. The second-order valence-corrected chi connectivity index (χ2v) is 2.99. The van der Waals surface area contributed by atoms with Crippen LogP contribution in [0.1, 0.15) is 5.56 Å². The van der Waals surface area contributed by atoms with Crippen LogP contribution in [0.15, 0.2) is 39.7 Å². The van der Waals surface area contributed by atoms with E-state index >= 15 is 0 Å². The molecular formula is C10H5F3O2. The van der Waals surface area contributed by atoms with Crippen LogP contribution in [0, 0.1) is 0 Å². The molecule has 1 aromatic heterocycles. The largest absolute Gasteiger partial charge is 0.464 e. The molecule has 0 aliphatic carbocycles. The van der Waals surface area contributed by atoms with Crippen LogP contribution < -0.4 is 5.43 Å². The summed E-state index contributed by atoms with van der Waals surface area (Å²) in [7, 11) is 0. The van der Waals surface area contributed by atoms with E-state index in [9.17, 15) is 18.0 Å². The van der Waals surface area contributed by atoms with Gasteiger partial charge in [0.15, 0.2) is 5.43 Å². The SMILES string of the molecule is O=c1ccoc2cc(C(F)(F)F)ccc12. The Bertz CT molecular complexity index is 554. The molecular weight excluding hydrogens is 209 g/mol. The Morgan fingerprint density at radius 2 is 1.87 bits per heavy atom. The van der Waals surface area contributed by atoms with Crippen molar-refractivity contribution in [2.24, 2.45) is 0 Å². The van der Waals surface area contributed by atoms with Crippen molar-refractivity contribution in [3.05, 3.63) is 46.3 Å². The zero-order valence-corrected chi connectivity index (χ0v) is 7.34. The van der Waals surface area contributed by atoms with Gasteiger partial charge < -0.3 is 4.42 Å². The van der Waals surface area contributed by atoms with Gasteiger partial charge in [-0.15, -0.1) is 0 Å². The van der Waals surface area contributed by atoms with E-state index in [4.69, 9.17) is 4.42 Å². The molecule has 5 heteroatoms. The summed E-state index contributed by atoms with van der Waals surface area (Å²) in [6, 6.07) is 3.95. The molecule has 78 valence electrons. The van der Waals surface area contributed by atoms with Gasteiger partial charge in [-0.05, 0) is 18.2 Å². The first-order valence-corrected chi connectivity index (χ1v) is 4.07. The maximum atomic E-state index is 12.3. The van der Waals surface area contributed by atoms with Gasteiger partial charge in [0.05, 0.1) is 17.2 Å². The van der Waals surface area contributed by atoms with Gasteiger partial charge in [0, 0.05) is 6.07 Å². The topological polar surface area (TPSA) is 30.2 Å². The van der Waals surface area contributed by atoms with E-state index in [0.29, 0.717) is 0 Å². The Kier molecular flexibility index (Phi) is 2.03. The molecule has 0 spiro atoms. The molecule has 15 heavy (non-hydrogen) atoms. The highest BCUT2D eigenvalue weighted by Gasteiger charge is 2.30. The number of alkyl halides is 3. The number of hydrogen-bond acceptors (Lipinski definition) is 2. The Hall–Kier alpha value is -1.78. The molecule has 0 aliphatic heterocycles. The van der Waals surface area contributed by atoms with Crippen LogP contribution in [0.5, 0.6) is 0 Å². The van der Waals surface area contributed by atoms with E-state index in [1.807, 2.05) is 0 Å². The lowest BCUT2D eigenvalue weighted by Crippen LogP contribution is -2.06. The molecule has 0 fully saturated rings. The fourth-order valence-electron chi connectivity index (χ4n) is 1.26. The predicted octanol–water partition coefficient (Wildman–Crippen LogP) is 2.81. The summed E-state index contributed by atoms with van der Waals surface area (Å²) in [4.78, 5) is 11.2. The molecule has 0 aliphatic rings. The third-order valence-corrected chi connectivity index (χ3v) is 1.99. The molecule has 0 atom stereocenters. The van der Waals surface area contributed by atoms with Crippen molar-refractivity contribution in [1.29, 1.82) is 0 Å². The number of fused-ring (bicyclic) bond motifs is 1. The molecule has 0 radical (unpaired) electrons. The highest BCUT2D eigenvalue weighted by atomic mass is 19.4. The molecule has 1 aromatic carbocycles. The summed E-state index contributed by atoms with van der Waals surface area (Å²) in [5.74, 6) is 0. The average molecular weight is 214 g/mol. The molecule has 0 saturated carbocycles. The second kappa shape index (κ2) is 3.12. The molecule has 0 unspecified atom stereocenters. The third-order valence-electron chi connectivity index (χ3n) is 1.99. The minimum atomic E-state index is -4.43. The fraction of sp³-hybridized carbons (Fsp3) is 0.100. The number of hydrogen-bond donors (Lipinski definition) is 0. The highest BCUT2D eigenvalue weighted by molar-refractivity contribution is 5.76. The van der Waals surface area contributed by atoms with Crippen molar-refractivity contribution in [1.82, 2.24) is 0 Å². The molecule has 0 N–H and O–H groups in total. The fourth-order valence-corrected chi connectivity index (χ4v) is 1.26. The van der Waals surface area contributed by atoms with Gasteiger partial charge in [-0.25, -0.2) is 0 Å². The quantitative estimate of drug-likeness (QED) is 0.674. The Balaban J connectivity index is 2.73. The van der Waals surface area contributed by atoms with E-state index in [-0.39, 0.29) is 16.4 Å². The Morgan fingerprint density at radius 3 is 2.53 bits per heavy atom.